The zero-order chi connectivity index (χ0) is 14.0. The van der Waals surface area contributed by atoms with Crippen molar-refractivity contribution in [3.63, 3.8) is 0 Å². The van der Waals surface area contributed by atoms with Crippen LogP contribution in [0.5, 0.6) is 0 Å². The van der Waals surface area contributed by atoms with Crippen molar-refractivity contribution in [3.05, 3.63) is 74.1 Å². The number of hydrogen-bond donors (Lipinski definition) is 0. The van der Waals surface area contributed by atoms with E-state index in [4.69, 9.17) is 23.2 Å². The van der Waals surface area contributed by atoms with Gasteiger partial charge in [0.2, 0.25) is 0 Å². The Kier molecular flexibility index (Phi) is 4.13. The molecule has 0 radical (unpaired) electrons. The Labute approximate surface area is 121 Å². The van der Waals surface area contributed by atoms with E-state index in [1.807, 2.05) is 11.5 Å². The number of halogens is 2. The van der Waals surface area contributed by atoms with Crippen LogP contribution in [0.15, 0.2) is 41.8 Å². The minimum absolute atomic E-state index is 0.0217. The summed E-state index contributed by atoms with van der Waals surface area (Å²) < 4.78 is 1.81. The lowest BCUT2D eigenvalue weighted by molar-refractivity contribution is 0.974. The molecule has 0 spiro atoms. The lowest BCUT2D eigenvalue weighted by atomic mass is 10.0. The molecule has 1 heterocycles. The van der Waals surface area contributed by atoms with E-state index in [0.717, 1.165) is 11.3 Å². The normalized spacial score (nSPS) is 10.5. The fraction of sp³-hybridized carbons (Fsp3) is 0.133. The smallest absolute Gasteiger partial charge is 0.185 e. The summed E-state index contributed by atoms with van der Waals surface area (Å²) in [6.07, 6.45) is 3.77. The van der Waals surface area contributed by atoms with Gasteiger partial charge in [0.15, 0.2) is 5.43 Å². The maximum absolute atomic E-state index is 12.0. The molecular formula is C15H13Cl2NO. The summed E-state index contributed by atoms with van der Waals surface area (Å²) in [5, 5.41) is 1.14. The lowest BCUT2D eigenvalue weighted by Gasteiger charge is -2.12. The topological polar surface area (TPSA) is 22.0 Å². The molecule has 0 aliphatic carbocycles. The highest BCUT2D eigenvalue weighted by molar-refractivity contribution is 6.36. The van der Waals surface area contributed by atoms with Crippen molar-refractivity contribution < 1.29 is 0 Å². The van der Waals surface area contributed by atoms with E-state index in [0.29, 0.717) is 22.0 Å². The van der Waals surface area contributed by atoms with Crippen LogP contribution in [-0.2, 0) is 6.42 Å². The van der Waals surface area contributed by atoms with Crippen LogP contribution < -0.4 is 5.43 Å². The van der Waals surface area contributed by atoms with Crippen LogP contribution in [0, 0.1) is 6.92 Å². The zero-order valence-corrected chi connectivity index (χ0v) is 12.0. The molecule has 4 heteroatoms. The van der Waals surface area contributed by atoms with Crippen LogP contribution in [-0.4, -0.2) is 4.57 Å². The van der Waals surface area contributed by atoms with E-state index < -0.39 is 0 Å². The largest absolute Gasteiger partial charge is 0.328 e. The number of rotatable bonds is 3. The molecule has 1 aromatic carbocycles. The first-order valence-corrected chi connectivity index (χ1v) is 6.56. The highest BCUT2D eigenvalue weighted by Gasteiger charge is 2.12. The van der Waals surface area contributed by atoms with Gasteiger partial charge in [-0.1, -0.05) is 35.8 Å². The van der Waals surface area contributed by atoms with Gasteiger partial charge in [0, 0.05) is 46.2 Å². The summed E-state index contributed by atoms with van der Waals surface area (Å²) in [6.45, 7) is 5.59. The van der Waals surface area contributed by atoms with Crippen LogP contribution in [0.4, 0.5) is 0 Å². The van der Waals surface area contributed by atoms with Crippen LogP contribution in [0.2, 0.25) is 10.0 Å². The summed E-state index contributed by atoms with van der Waals surface area (Å²) >= 11 is 12.3. The first-order valence-electron chi connectivity index (χ1n) is 5.80. The Morgan fingerprint density at radius 3 is 2.42 bits per heavy atom. The summed E-state index contributed by atoms with van der Waals surface area (Å²) in [5.74, 6) is 0. The molecule has 0 atom stereocenters. The molecule has 2 aromatic rings. The molecule has 0 fully saturated rings. The van der Waals surface area contributed by atoms with Crippen molar-refractivity contribution in [2.45, 2.75) is 13.3 Å². The molecule has 0 N–H and O–H groups in total. The average molecular weight is 294 g/mol. The maximum Gasteiger partial charge on any atom is 0.185 e. The first-order chi connectivity index (χ1) is 9.04. The Hall–Kier alpha value is -1.51. The number of benzene rings is 1. The SMILES string of the molecule is C=Cn1ccc(=O)c(Cc2c(Cl)cccc2Cl)c1C. The highest BCUT2D eigenvalue weighted by atomic mass is 35.5. The van der Waals surface area contributed by atoms with Crippen molar-refractivity contribution in [3.8, 4) is 0 Å². The molecule has 0 saturated heterocycles. The van der Waals surface area contributed by atoms with Gasteiger partial charge in [-0.3, -0.25) is 4.79 Å². The summed E-state index contributed by atoms with van der Waals surface area (Å²) in [4.78, 5) is 12.0. The van der Waals surface area contributed by atoms with E-state index in [9.17, 15) is 4.79 Å². The molecular weight excluding hydrogens is 281 g/mol. The molecule has 0 bridgehead atoms. The van der Waals surface area contributed by atoms with Crippen LogP contribution in [0.25, 0.3) is 6.20 Å². The van der Waals surface area contributed by atoms with Crippen molar-refractivity contribution >= 4 is 29.4 Å². The summed E-state index contributed by atoms with van der Waals surface area (Å²) in [7, 11) is 0. The second-order valence-corrected chi connectivity index (χ2v) is 5.03. The Morgan fingerprint density at radius 2 is 1.84 bits per heavy atom. The van der Waals surface area contributed by atoms with Gasteiger partial charge in [-0.25, -0.2) is 0 Å². The van der Waals surface area contributed by atoms with Gasteiger partial charge in [0.25, 0.3) is 0 Å². The lowest BCUT2D eigenvalue weighted by Crippen LogP contribution is -2.15. The van der Waals surface area contributed by atoms with Gasteiger partial charge >= 0.3 is 0 Å². The van der Waals surface area contributed by atoms with Crippen molar-refractivity contribution in [2.24, 2.45) is 0 Å². The maximum atomic E-state index is 12.0. The van der Waals surface area contributed by atoms with Gasteiger partial charge in [0.1, 0.15) is 0 Å². The quantitative estimate of drug-likeness (QED) is 0.833. The number of hydrogen-bond acceptors (Lipinski definition) is 1. The Morgan fingerprint density at radius 1 is 1.21 bits per heavy atom. The van der Waals surface area contributed by atoms with Crippen LogP contribution >= 0.6 is 23.2 Å². The fourth-order valence-electron chi connectivity index (χ4n) is 1.99. The number of pyridine rings is 1. The predicted octanol–water partition coefficient (Wildman–Crippen LogP) is 4.15. The molecule has 2 nitrogen and oxygen atoms in total. The molecule has 0 amide bonds. The van der Waals surface area contributed by atoms with Crippen molar-refractivity contribution in [1.29, 1.82) is 0 Å². The fourth-order valence-corrected chi connectivity index (χ4v) is 2.52. The molecule has 2 rings (SSSR count). The zero-order valence-electron chi connectivity index (χ0n) is 10.5. The van der Waals surface area contributed by atoms with E-state index in [2.05, 4.69) is 6.58 Å². The second-order valence-electron chi connectivity index (χ2n) is 4.21. The standard InChI is InChI=1S/C15H13Cl2NO/c1-3-18-8-7-15(19)11(10(18)2)9-12-13(16)5-4-6-14(12)17/h3-8H,1,9H2,2H3. The van der Waals surface area contributed by atoms with Gasteiger partial charge in [0.05, 0.1) is 0 Å². The average Bonchev–Trinajstić information content (AvgIpc) is 2.37. The third-order valence-corrected chi connectivity index (χ3v) is 3.83. The summed E-state index contributed by atoms with van der Waals surface area (Å²) in [6, 6.07) is 6.85. The molecule has 1 aromatic heterocycles. The number of aromatic nitrogens is 1. The van der Waals surface area contributed by atoms with Gasteiger partial charge in [-0.2, -0.15) is 0 Å². The van der Waals surface area contributed by atoms with Gasteiger partial charge in [-0.05, 0) is 24.6 Å². The molecule has 0 aliphatic heterocycles. The molecule has 98 valence electrons. The highest BCUT2D eigenvalue weighted by Crippen LogP contribution is 2.26. The minimum atomic E-state index is -0.0217. The van der Waals surface area contributed by atoms with Crippen LogP contribution in [0.1, 0.15) is 16.8 Å². The van der Waals surface area contributed by atoms with E-state index >= 15 is 0 Å². The Balaban J connectivity index is 2.55. The van der Waals surface area contributed by atoms with Crippen molar-refractivity contribution in [1.82, 2.24) is 4.57 Å². The molecule has 0 saturated carbocycles. The predicted molar refractivity (Wildman–Crippen MR) is 81.1 cm³/mol. The Bertz CT molecular complexity index is 669. The molecule has 0 aliphatic rings. The van der Waals surface area contributed by atoms with Gasteiger partial charge in [-0.15, -0.1) is 0 Å². The third-order valence-electron chi connectivity index (χ3n) is 3.12. The number of nitrogens with zero attached hydrogens (tertiary/aromatic N) is 1. The van der Waals surface area contributed by atoms with E-state index in [-0.39, 0.29) is 5.43 Å². The monoisotopic (exact) mass is 293 g/mol. The third kappa shape index (κ3) is 2.75. The summed E-state index contributed by atoms with van der Waals surface area (Å²) in [5.41, 5.74) is 2.27. The minimum Gasteiger partial charge on any atom is -0.328 e. The van der Waals surface area contributed by atoms with E-state index in [1.165, 1.54) is 6.07 Å². The molecule has 0 unspecified atom stereocenters. The van der Waals surface area contributed by atoms with Gasteiger partial charge < -0.3 is 4.57 Å². The van der Waals surface area contributed by atoms with Crippen LogP contribution in [0.3, 0.4) is 0 Å². The van der Waals surface area contributed by atoms with E-state index in [1.54, 1.807) is 30.6 Å². The molecule has 19 heavy (non-hydrogen) atoms. The van der Waals surface area contributed by atoms with Crippen molar-refractivity contribution in [2.75, 3.05) is 0 Å². The second kappa shape index (κ2) is 5.64. The first kappa shape index (κ1) is 13.9.